The fourth-order valence-corrected chi connectivity index (χ4v) is 3.38. The summed E-state index contributed by atoms with van der Waals surface area (Å²) in [5.74, 6) is 5.77. The summed E-state index contributed by atoms with van der Waals surface area (Å²) in [6.45, 7) is 3.25. The lowest BCUT2D eigenvalue weighted by atomic mass is 10.0. The second-order valence-corrected chi connectivity index (χ2v) is 6.19. The molecule has 2 rings (SSSR count). The number of aliphatic hydroxyl groups is 1. The summed E-state index contributed by atoms with van der Waals surface area (Å²) in [4.78, 5) is 6.17. The molecule has 0 bridgehead atoms. The molecule has 1 aromatic heterocycles. The van der Waals surface area contributed by atoms with E-state index in [-0.39, 0.29) is 6.61 Å². The molecule has 0 radical (unpaired) electrons. The van der Waals surface area contributed by atoms with Crippen LogP contribution in [0.4, 0.5) is 0 Å². The molecule has 19 heavy (non-hydrogen) atoms. The molecular weight excluding hydrogens is 256 g/mol. The van der Waals surface area contributed by atoms with E-state index in [1.807, 2.05) is 0 Å². The minimum absolute atomic E-state index is 0.0660. The quantitative estimate of drug-likeness (QED) is 0.851. The van der Waals surface area contributed by atoms with Crippen molar-refractivity contribution in [1.82, 2.24) is 9.80 Å². The number of thiophene rings is 1. The molecule has 1 N–H and O–H groups in total. The maximum atomic E-state index is 8.77. The topological polar surface area (TPSA) is 26.7 Å². The summed E-state index contributed by atoms with van der Waals surface area (Å²) in [5, 5.41) is 10.9. The van der Waals surface area contributed by atoms with Crippen LogP contribution in [-0.2, 0) is 6.54 Å². The van der Waals surface area contributed by atoms with Crippen LogP contribution in [0.1, 0.15) is 23.3 Å². The fourth-order valence-electron chi connectivity index (χ4n) is 2.51. The molecule has 0 spiro atoms. The van der Waals surface area contributed by atoms with Crippen LogP contribution in [0.25, 0.3) is 0 Å². The van der Waals surface area contributed by atoms with Gasteiger partial charge in [-0.05, 0) is 38.4 Å². The molecule has 1 aliphatic heterocycles. The number of hydrogen-bond donors (Lipinski definition) is 1. The Balaban J connectivity index is 1.91. The van der Waals surface area contributed by atoms with E-state index in [1.165, 1.54) is 17.7 Å². The van der Waals surface area contributed by atoms with Gasteiger partial charge in [-0.1, -0.05) is 11.8 Å². The molecule has 0 atom stereocenters. The van der Waals surface area contributed by atoms with Gasteiger partial charge in [-0.3, -0.25) is 4.90 Å². The van der Waals surface area contributed by atoms with Gasteiger partial charge in [0.25, 0.3) is 0 Å². The molecule has 104 valence electrons. The van der Waals surface area contributed by atoms with Crippen molar-refractivity contribution >= 4 is 11.3 Å². The molecule has 4 heteroatoms. The highest BCUT2D eigenvalue weighted by Gasteiger charge is 2.21. The van der Waals surface area contributed by atoms with Gasteiger partial charge in [-0.25, -0.2) is 0 Å². The van der Waals surface area contributed by atoms with Gasteiger partial charge in [0.15, 0.2) is 0 Å². The van der Waals surface area contributed by atoms with Crippen LogP contribution in [-0.4, -0.2) is 54.7 Å². The minimum atomic E-state index is -0.0660. The van der Waals surface area contributed by atoms with Crippen LogP contribution >= 0.6 is 11.3 Å². The molecule has 0 aromatic carbocycles. The molecule has 0 unspecified atom stereocenters. The second kappa shape index (κ2) is 7.06. The maximum Gasteiger partial charge on any atom is 0.104 e. The van der Waals surface area contributed by atoms with Gasteiger partial charge in [-0.2, -0.15) is 0 Å². The first-order valence-corrected chi connectivity index (χ1v) is 7.63. The molecule has 1 saturated heterocycles. The predicted molar refractivity (Wildman–Crippen MR) is 80.3 cm³/mol. The van der Waals surface area contributed by atoms with Gasteiger partial charge >= 0.3 is 0 Å². The minimum Gasteiger partial charge on any atom is -0.384 e. The SMILES string of the molecule is CN(C)C1CCN(Cc2sccc2C#CCO)CC1. The summed E-state index contributed by atoms with van der Waals surface area (Å²) >= 11 is 1.76. The lowest BCUT2D eigenvalue weighted by Gasteiger charge is -2.35. The van der Waals surface area contributed by atoms with Crippen molar-refractivity contribution in [2.24, 2.45) is 0 Å². The average molecular weight is 278 g/mol. The van der Waals surface area contributed by atoms with E-state index >= 15 is 0 Å². The van der Waals surface area contributed by atoms with Crippen LogP contribution in [0.2, 0.25) is 0 Å². The lowest BCUT2D eigenvalue weighted by molar-refractivity contribution is 0.141. The van der Waals surface area contributed by atoms with Crippen LogP contribution in [0.5, 0.6) is 0 Å². The molecule has 2 heterocycles. The monoisotopic (exact) mass is 278 g/mol. The van der Waals surface area contributed by atoms with Crippen molar-refractivity contribution in [2.75, 3.05) is 33.8 Å². The molecule has 1 aromatic rings. The van der Waals surface area contributed by atoms with E-state index in [4.69, 9.17) is 5.11 Å². The summed E-state index contributed by atoms with van der Waals surface area (Å²) in [7, 11) is 4.34. The number of nitrogens with zero attached hydrogens (tertiary/aromatic N) is 2. The molecule has 3 nitrogen and oxygen atoms in total. The van der Waals surface area contributed by atoms with E-state index in [1.54, 1.807) is 11.3 Å². The van der Waals surface area contributed by atoms with Crippen LogP contribution in [0.15, 0.2) is 11.4 Å². The number of aliphatic hydroxyl groups excluding tert-OH is 1. The smallest absolute Gasteiger partial charge is 0.104 e. The predicted octanol–water partition coefficient (Wildman–Crippen LogP) is 1.62. The zero-order valence-corrected chi connectivity index (χ0v) is 12.5. The third-order valence-corrected chi connectivity index (χ3v) is 4.61. The summed E-state index contributed by atoms with van der Waals surface area (Å²) in [5.41, 5.74) is 1.08. The number of piperidine rings is 1. The Hall–Kier alpha value is -0.860. The molecule has 0 aliphatic carbocycles. The van der Waals surface area contributed by atoms with Crippen LogP contribution in [0.3, 0.4) is 0 Å². The first-order chi connectivity index (χ1) is 9.20. The van der Waals surface area contributed by atoms with Crippen molar-refractivity contribution in [3.63, 3.8) is 0 Å². The van der Waals surface area contributed by atoms with Gasteiger partial charge in [0.2, 0.25) is 0 Å². The van der Waals surface area contributed by atoms with Crippen LogP contribution in [0, 0.1) is 11.8 Å². The van der Waals surface area contributed by atoms with Gasteiger partial charge in [0.05, 0.1) is 0 Å². The molecule has 0 saturated carbocycles. The molecular formula is C15H22N2OS. The van der Waals surface area contributed by atoms with E-state index in [0.717, 1.165) is 31.2 Å². The highest BCUT2D eigenvalue weighted by Crippen LogP contribution is 2.21. The molecule has 1 aliphatic rings. The van der Waals surface area contributed by atoms with Crippen molar-refractivity contribution in [1.29, 1.82) is 0 Å². The zero-order chi connectivity index (χ0) is 13.7. The Morgan fingerprint density at radius 3 is 2.79 bits per heavy atom. The highest BCUT2D eigenvalue weighted by molar-refractivity contribution is 7.10. The lowest BCUT2D eigenvalue weighted by Crippen LogP contribution is -2.41. The van der Waals surface area contributed by atoms with E-state index in [2.05, 4.69) is 47.2 Å². The second-order valence-electron chi connectivity index (χ2n) is 5.19. The Morgan fingerprint density at radius 2 is 2.16 bits per heavy atom. The Kier molecular flexibility index (Phi) is 5.41. The summed E-state index contributed by atoms with van der Waals surface area (Å²) < 4.78 is 0. The Labute approximate surface area is 119 Å². The van der Waals surface area contributed by atoms with E-state index in [9.17, 15) is 0 Å². The van der Waals surface area contributed by atoms with Gasteiger partial charge < -0.3 is 10.0 Å². The molecule has 1 fully saturated rings. The Morgan fingerprint density at radius 1 is 1.42 bits per heavy atom. The summed E-state index contributed by atoms with van der Waals surface area (Å²) in [6.07, 6.45) is 2.49. The third kappa shape index (κ3) is 4.05. The van der Waals surface area contributed by atoms with Gasteiger partial charge in [0, 0.05) is 36.1 Å². The fraction of sp³-hybridized carbons (Fsp3) is 0.600. The molecule has 0 amide bonds. The van der Waals surface area contributed by atoms with Crippen molar-refractivity contribution in [3.05, 3.63) is 21.9 Å². The van der Waals surface area contributed by atoms with Gasteiger partial charge in [-0.15, -0.1) is 11.3 Å². The van der Waals surface area contributed by atoms with E-state index in [0.29, 0.717) is 0 Å². The van der Waals surface area contributed by atoms with Crippen LogP contribution < -0.4 is 0 Å². The first-order valence-electron chi connectivity index (χ1n) is 6.75. The largest absolute Gasteiger partial charge is 0.384 e. The first kappa shape index (κ1) is 14.5. The standard InChI is InChI=1S/C15H22N2OS/c1-16(2)14-5-8-17(9-6-14)12-15-13(4-3-10-18)7-11-19-15/h7,11,14,18H,5-6,8-10,12H2,1-2H3. The van der Waals surface area contributed by atoms with E-state index < -0.39 is 0 Å². The number of rotatable bonds is 3. The average Bonchev–Trinajstić information content (AvgIpc) is 2.84. The van der Waals surface area contributed by atoms with Crippen molar-refractivity contribution in [3.8, 4) is 11.8 Å². The maximum absolute atomic E-state index is 8.77. The van der Waals surface area contributed by atoms with Crippen molar-refractivity contribution in [2.45, 2.75) is 25.4 Å². The number of hydrogen-bond acceptors (Lipinski definition) is 4. The normalized spacial score (nSPS) is 17.5. The zero-order valence-electron chi connectivity index (χ0n) is 11.7. The summed E-state index contributed by atoms with van der Waals surface area (Å²) in [6, 6.07) is 2.78. The van der Waals surface area contributed by atoms with Crippen molar-refractivity contribution < 1.29 is 5.11 Å². The number of likely N-dealkylation sites (tertiary alicyclic amines) is 1. The third-order valence-electron chi connectivity index (χ3n) is 3.70. The van der Waals surface area contributed by atoms with Gasteiger partial charge in [0.1, 0.15) is 6.61 Å². The Bertz CT molecular complexity index is 450. The highest BCUT2D eigenvalue weighted by atomic mass is 32.1.